The van der Waals surface area contributed by atoms with Gasteiger partial charge in [-0.05, 0) is 32.9 Å². The molecule has 22 heavy (non-hydrogen) atoms. The maximum atomic E-state index is 11.9. The van der Waals surface area contributed by atoms with E-state index in [1.807, 2.05) is 25.7 Å². The summed E-state index contributed by atoms with van der Waals surface area (Å²) < 4.78 is 5.28. The molecular weight excluding hydrogens is 286 g/mol. The van der Waals surface area contributed by atoms with Crippen molar-refractivity contribution < 1.29 is 19.2 Å². The van der Waals surface area contributed by atoms with Gasteiger partial charge in [0.15, 0.2) is 0 Å². The smallest absolute Gasteiger partial charge is 0.340 e. The first-order valence-electron chi connectivity index (χ1n) is 7.09. The molecule has 0 unspecified atom stereocenters. The van der Waals surface area contributed by atoms with Crippen LogP contribution in [0.4, 0.5) is 5.82 Å². The average Bonchev–Trinajstić information content (AvgIpc) is 2.45. The average molecular weight is 307 g/mol. The summed E-state index contributed by atoms with van der Waals surface area (Å²) in [7, 11) is 1.47. The highest BCUT2D eigenvalue weighted by molar-refractivity contribution is 5.89. The van der Waals surface area contributed by atoms with Gasteiger partial charge in [0.25, 0.3) is 5.91 Å². The lowest BCUT2D eigenvalue weighted by Gasteiger charge is -2.33. The number of aromatic nitrogens is 1. The zero-order chi connectivity index (χ0) is 16.3. The van der Waals surface area contributed by atoms with Crippen molar-refractivity contribution in [3.05, 3.63) is 23.9 Å². The normalized spacial score (nSPS) is 15.9. The molecule has 0 saturated carbocycles. The van der Waals surface area contributed by atoms with Crippen LogP contribution in [0.1, 0.15) is 31.1 Å². The van der Waals surface area contributed by atoms with E-state index in [2.05, 4.69) is 4.98 Å². The topological polar surface area (TPSA) is 72.0 Å². The Morgan fingerprint density at radius 1 is 1.27 bits per heavy atom. The number of hydrogen-bond acceptors (Lipinski definition) is 6. The van der Waals surface area contributed by atoms with Crippen LogP contribution in [-0.4, -0.2) is 54.3 Å². The molecule has 0 aromatic carbocycles. The molecule has 1 amide bonds. The second kappa shape index (κ2) is 6.31. The molecule has 2 heterocycles. The van der Waals surface area contributed by atoms with Crippen LogP contribution in [0.2, 0.25) is 0 Å². The van der Waals surface area contributed by atoms with Gasteiger partial charge in [-0.1, -0.05) is 0 Å². The van der Waals surface area contributed by atoms with Gasteiger partial charge in [0.2, 0.25) is 0 Å². The molecule has 0 spiro atoms. The van der Waals surface area contributed by atoms with Crippen LogP contribution in [0.25, 0.3) is 0 Å². The van der Waals surface area contributed by atoms with Gasteiger partial charge in [-0.2, -0.15) is 0 Å². The van der Waals surface area contributed by atoms with Gasteiger partial charge in [0.1, 0.15) is 18.0 Å². The molecule has 1 aromatic heterocycles. The molecule has 120 valence electrons. The first kappa shape index (κ1) is 16.2. The molecule has 0 radical (unpaired) electrons. The number of carbonyl (C=O) groups is 2. The fraction of sp³-hybridized carbons (Fsp3) is 0.533. The summed E-state index contributed by atoms with van der Waals surface area (Å²) in [6, 6.07) is 3.37. The SMILES string of the molecule is CON1CCN(c2ccc(C(=O)OC(C)(C)C)cn2)CC1=O. The number of hydroxylamine groups is 2. The molecule has 1 aromatic rings. The molecule has 1 aliphatic heterocycles. The predicted molar refractivity (Wildman–Crippen MR) is 80.3 cm³/mol. The summed E-state index contributed by atoms with van der Waals surface area (Å²) >= 11 is 0. The second-order valence-electron chi connectivity index (χ2n) is 6.01. The van der Waals surface area contributed by atoms with Gasteiger partial charge in [0.05, 0.1) is 19.2 Å². The first-order chi connectivity index (χ1) is 10.3. The molecule has 1 fully saturated rings. The van der Waals surface area contributed by atoms with Gasteiger partial charge in [0, 0.05) is 12.7 Å². The number of nitrogens with zero attached hydrogens (tertiary/aromatic N) is 3. The largest absolute Gasteiger partial charge is 0.456 e. The van der Waals surface area contributed by atoms with E-state index in [0.717, 1.165) is 0 Å². The van der Waals surface area contributed by atoms with E-state index in [9.17, 15) is 9.59 Å². The van der Waals surface area contributed by atoms with Crippen molar-refractivity contribution in [1.82, 2.24) is 10.0 Å². The number of carbonyl (C=O) groups excluding carboxylic acids is 2. The van der Waals surface area contributed by atoms with Crippen LogP contribution in [0.3, 0.4) is 0 Å². The Bertz CT molecular complexity index is 551. The van der Waals surface area contributed by atoms with Gasteiger partial charge in [-0.15, -0.1) is 0 Å². The minimum atomic E-state index is -0.543. The van der Waals surface area contributed by atoms with Gasteiger partial charge in [-0.25, -0.2) is 14.8 Å². The summed E-state index contributed by atoms with van der Waals surface area (Å²) in [5, 5.41) is 1.32. The zero-order valence-corrected chi connectivity index (χ0v) is 13.3. The summed E-state index contributed by atoms with van der Waals surface area (Å²) in [6.07, 6.45) is 1.47. The van der Waals surface area contributed by atoms with Crippen LogP contribution < -0.4 is 4.90 Å². The number of amides is 1. The second-order valence-corrected chi connectivity index (χ2v) is 6.01. The number of rotatable bonds is 3. The quantitative estimate of drug-likeness (QED) is 0.783. The maximum Gasteiger partial charge on any atom is 0.340 e. The predicted octanol–water partition coefficient (Wildman–Crippen LogP) is 1.25. The molecule has 0 aliphatic carbocycles. The summed E-state index contributed by atoms with van der Waals surface area (Å²) in [5.41, 5.74) is -0.154. The summed E-state index contributed by atoms with van der Waals surface area (Å²) in [4.78, 5) is 34.8. The molecule has 7 heteroatoms. The maximum absolute atomic E-state index is 11.9. The molecular formula is C15H21N3O4. The Balaban J connectivity index is 2.03. The van der Waals surface area contributed by atoms with Crippen LogP contribution in [-0.2, 0) is 14.4 Å². The summed E-state index contributed by atoms with van der Waals surface area (Å²) in [5.74, 6) is 0.120. The standard InChI is InChI=1S/C15H21N3O4/c1-15(2,3)22-14(20)11-5-6-12(16-9-11)17-7-8-18(21-4)13(19)10-17/h5-6,9H,7-8,10H2,1-4H3. The highest BCUT2D eigenvalue weighted by atomic mass is 16.7. The number of pyridine rings is 1. The van der Waals surface area contributed by atoms with Crippen molar-refractivity contribution in [3.63, 3.8) is 0 Å². The fourth-order valence-corrected chi connectivity index (χ4v) is 2.08. The Labute approximate surface area is 129 Å². The van der Waals surface area contributed by atoms with E-state index < -0.39 is 11.6 Å². The molecule has 2 rings (SSSR count). The number of esters is 1. The van der Waals surface area contributed by atoms with Crippen LogP contribution in [0, 0.1) is 0 Å². The Morgan fingerprint density at radius 3 is 2.50 bits per heavy atom. The lowest BCUT2D eigenvalue weighted by molar-refractivity contribution is -0.176. The van der Waals surface area contributed by atoms with E-state index in [-0.39, 0.29) is 12.5 Å². The van der Waals surface area contributed by atoms with E-state index in [4.69, 9.17) is 9.57 Å². The lowest BCUT2D eigenvalue weighted by Crippen LogP contribution is -2.50. The van der Waals surface area contributed by atoms with Crippen molar-refractivity contribution in [1.29, 1.82) is 0 Å². The Morgan fingerprint density at radius 2 is 2.00 bits per heavy atom. The molecule has 1 saturated heterocycles. The van der Waals surface area contributed by atoms with Crippen LogP contribution in [0.15, 0.2) is 18.3 Å². The monoisotopic (exact) mass is 307 g/mol. The van der Waals surface area contributed by atoms with Crippen molar-refractivity contribution in [3.8, 4) is 0 Å². The van der Waals surface area contributed by atoms with Crippen molar-refractivity contribution in [2.24, 2.45) is 0 Å². The minimum absolute atomic E-state index is 0.119. The molecule has 1 aliphatic rings. The number of hydrogen-bond donors (Lipinski definition) is 0. The third-order valence-corrected chi connectivity index (χ3v) is 3.10. The fourth-order valence-electron chi connectivity index (χ4n) is 2.08. The zero-order valence-electron chi connectivity index (χ0n) is 13.3. The lowest BCUT2D eigenvalue weighted by atomic mass is 10.2. The van der Waals surface area contributed by atoms with Crippen LogP contribution in [0.5, 0.6) is 0 Å². The molecule has 7 nitrogen and oxygen atoms in total. The summed E-state index contributed by atoms with van der Waals surface area (Å²) in [6.45, 7) is 6.74. The van der Waals surface area contributed by atoms with Crippen molar-refractivity contribution >= 4 is 17.7 Å². The van der Waals surface area contributed by atoms with E-state index in [0.29, 0.717) is 24.5 Å². The first-order valence-corrected chi connectivity index (χ1v) is 7.09. The van der Waals surface area contributed by atoms with E-state index in [1.165, 1.54) is 18.4 Å². The van der Waals surface area contributed by atoms with E-state index >= 15 is 0 Å². The third kappa shape index (κ3) is 3.94. The highest BCUT2D eigenvalue weighted by Crippen LogP contribution is 2.17. The van der Waals surface area contributed by atoms with Crippen LogP contribution >= 0.6 is 0 Å². The molecule has 0 N–H and O–H groups in total. The van der Waals surface area contributed by atoms with Gasteiger partial charge in [-0.3, -0.25) is 9.63 Å². The molecule has 0 atom stereocenters. The molecule has 0 bridgehead atoms. The van der Waals surface area contributed by atoms with Crippen molar-refractivity contribution in [2.45, 2.75) is 26.4 Å². The Hall–Kier alpha value is -2.15. The Kier molecular flexibility index (Phi) is 4.65. The highest BCUT2D eigenvalue weighted by Gasteiger charge is 2.25. The number of ether oxygens (including phenoxy) is 1. The van der Waals surface area contributed by atoms with Crippen molar-refractivity contribution in [2.75, 3.05) is 31.6 Å². The number of piperazine rings is 1. The third-order valence-electron chi connectivity index (χ3n) is 3.10. The van der Waals surface area contributed by atoms with E-state index in [1.54, 1.807) is 12.1 Å². The van der Waals surface area contributed by atoms with Gasteiger partial charge >= 0.3 is 5.97 Å². The minimum Gasteiger partial charge on any atom is -0.456 e. The van der Waals surface area contributed by atoms with Gasteiger partial charge < -0.3 is 9.64 Å². The number of anilines is 1.